The van der Waals surface area contributed by atoms with Gasteiger partial charge in [0.25, 0.3) is 0 Å². The lowest BCUT2D eigenvalue weighted by Crippen LogP contribution is -2.09. The van der Waals surface area contributed by atoms with E-state index in [1.165, 1.54) is 0 Å². The Morgan fingerprint density at radius 2 is 2.28 bits per heavy atom. The average Bonchev–Trinajstić information content (AvgIpc) is 2.94. The van der Waals surface area contributed by atoms with Crippen molar-refractivity contribution in [3.63, 3.8) is 0 Å². The monoisotopic (exact) mass is 283 g/mol. The van der Waals surface area contributed by atoms with E-state index in [2.05, 4.69) is 32.1 Å². The van der Waals surface area contributed by atoms with E-state index in [0.29, 0.717) is 6.54 Å². The number of aromatic nitrogens is 4. The quantitative estimate of drug-likeness (QED) is 0.823. The minimum Gasteiger partial charge on any atom is -0.324 e. The second-order valence-electron chi connectivity index (χ2n) is 3.90. The summed E-state index contributed by atoms with van der Waals surface area (Å²) in [4.78, 5) is 4.44. The van der Waals surface area contributed by atoms with Crippen LogP contribution in [0.5, 0.6) is 0 Å². The van der Waals surface area contributed by atoms with Gasteiger partial charge in [0.15, 0.2) is 5.16 Å². The van der Waals surface area contributed by atoms with Gasteiger partial charge >= 0.3 is 0 Å². The number of thiazole rings is 1. The first-order chi connectivity index (χ1) is 8.74. The summed E-state index contributed by atoms with van der Waals surface area (Å²) in [5.41, 5.74) is 6.76. The van der Waals surface area contributed by atoms with Crippen molar-refractivity contribution in [2.75, 3.05) is 0 Å². The number of nitrogens with zero attached hydrogens (tertiary/aromatic N) is 4. The van der Waals surface area contributed by atoms with Crippen molar-refractivity contribution in [3.8, 4) is 0 Å². The second kappa shape index (κ2) is 6.31. The van der Waals surface area contributed by atoms with E-state index in [1.807, 2.05) is 6.92 Å². The van der Waals surface area contributed by atoms with Crippen molar-refractivity contribution >= 4 is 23.1 Å². The van der Waals surface area contributed by atoms with Crippen LogP contribution in [0.15, 0.2) is 10.5 Å². The van der Waals surface area contributed by atoms with Gasteiger partial charge in [0, 0.05) is 17.7 Å². The van der Waals surface area contributed by atoms with Crippen LogP contribution in [0.25, 0.3) is 0 Å². The first-order valence-electron chi connectivity index (χ1n) is 5.90. The molecule has 98 valence electrons. The molecule has 0 unspecified atom stereocenters. The van der Waals surface area contributed by atoms with Crippen LogP contribution in [0.1, 0.15) is 29.9 Å². The molecule has 2 N–H and O–H groups in total. The third-order valence-electron chi connectivity index (χ3n) is 2.44. The fraction of sp³-hybridized carbons (Fsp3) is 0.545. The van der Waals surface area contributed by atoms with E-state index in [-0.39, 0.29) is 0 Å². The fourth-order valence-electron chi connectivity index (χ4n) is 1.64. The Balaban J connectivity index is 2.06. The molecular weight excluding hydrogens is 266 g/mol. The van der Waals surface area contributed by atoms with Crippen LogP contribution in [0.4, 0.5) is 0 Å². The zero-order valence-electron chi connectivity index (χ0n) is 10.6. The molecule has 0 aliphatic rings. The van der Waals surface area contributed by atoms with Gasteiger partial charge in [-0.1, -0.05) is 18.7 Å². The van der Waals surface area contributed by atoms with E-state index < -0.39 is 0 Å². The zero-order valence-corrected chi connectivity index (χ0v) is 12.2. The van der Waals surface area contributed by atoms with Gasteiger partial charge in [-0.15, -0.1) is 21.5 Å². The normalized spacial score (nSPS) is 11.1. The van der Waals surface area contributed by atoms with Crippen LogP contribution in [-0.2, 0) is 18.8 Å². The lowest BCUT2D eigenvalue weighted by molar-refractivity contribution is 0.592. The summed E-state index contributed by atoms with van der Waals surface area (Å²) in [5, 5.41) is 12.4. The number of aryl methyl sites for hydroxylation is 1. The Hall–Kier alpha value is -0.920. The van der Waals surface area contributed by atoms with Crippen molar-refractivity contribution in [1.82, 2.24) is 19.7 Å². The summed E-state index contributed by atoms with van der Waals surface area (Å²) in [5.74, 6) is 1.69. The largest absolute Gasteiger partial charge is 0.324 e. The second-order valence-corrected chi connectivity index (χ2v) is 5.91. The molecule has 2 aromatic rings. The van der Waals surface area contributed by atoms with Crippen molar-refractivity contribution in [3.05, 3.63) is 21.9 Å². The van der Waals surface area contributed by atoms with Crippen LogP contribution in [0, 0.1) is 6.92 Å². The molecule has 0 spiro atoms. The summed E-state index contributed by atoms with van der Waals surface area (Å²) in [6.45, 7) is 5.50. The third-order valence-corrected chi connectivity index (χ3v) is 4.26. The maximum Gasteiger partial charge on any atom is 0.191 e. The highest BCUT2D eigenvalue weighted by Crippen LogP contribution is 2.23. The van der Waals surface area contributed by atoms with Gasteiger partial charge in [0.2, 0.25) is 0 Å². The summed E-state index contributed by atoms with van der Waals surface area (Å²) in [7, 11) is 0. The molecule has 2 rings (SSSR count). The molecule has 2 heterocycles. The molecule has 0 bridgehead atoms. The molecule has 0 aliphatic heterocycles. The number of rotatable bonds is 6. The van der Waals surface area contributed by atoms with E-state index in [0.717, 1.165) is 40.4 Å². The maximum absolute atomic E-state index is 5.66. The molecule has 2 aromatic heterocycles. The fourth-order valence-corrected chi connectivity index (χ4v) is 3.23. The Morgan fingerprint density at radius 1 is 1.44 bits per heavy atom. The van der Waals surface area contributed by atoms with Crippen LogP contribution in [0.2, 0.25) is 0 Å². The molecule has 0 atom stereocenters. The molecule has 0 amide bonds. The first-order valence-corrected chi connectivity index (χ1v) is 7.77. The average molecular weight is 283 g/mol. The van der Waals surface area contributed by atoms with Gasteiger partial charge in [-0.25, -0.2) is 4.98 Å². The molecule has 0 aromatic carbocycles. The Bertz CT molecular complexity index is 505. The number of hydrogen-bond donors (Lipinski definition) is 1. The first kappa shape index (κ1) is 13.5. The number of nitrogens with two attached hydrogens (primary N) is 1. The lowest BCUT2D eigenvalue weighted by Gasteiger charge is -2.06. The molecule has 0 radical (unpaired) electrons. The van der Waals surface area contributed by atoms with E-state index in [9.17, 15) is 0 Å². The predicted molar refractivity (Wildman–Crippen MR) is 74.6 cm³/mol. The highest BCUT2D eigenvalue weighted by atomic mass is 32.2. The van der Waals surface area contributed by atoms with Crippen molar-refractivity contribution in [1.29, 1.82) is 0 Å². The summed E-state index contributed by atoms with van der Waals surface area (Å²) < 4.78 is 2.10. The molecule has 18 heavy (non-hydrogen) atoms. The zero-order chi connectivity index (χ0) is 13.0. The van der Waals surface area contributed by atoms with Gasteiger partial charge < -0.3 is 10.3 Å². The van der Waals surface area contributed by atoms with Gasteiger partial charge in [0.05, 0.1) is 17.2 Å². The van der Waals surface area contributed by atoms with Gasteiger partial charge in [0.1, 0.15) is 5.82 Å². The van der Waals surface area contributed by atoms with Crippen molar-refractivity contribution in [2.45, 2.75) is 44.3 Å². The maximum atomic E-state index is 5.66. The van der Waals surface area contributed by atoms with Gasteiger partial charge in [-0.05, 0) is 13.3 Å². The molecule has 0 aliphatic carbocycles. The number of hydrogen-bond acceptors (Lipinski definition) is 6. The minimum absolute atomic E-state index is 0.434. The topological polar surface area (TPSA) is 69.6 Å². The smallest absolute Gasteiger partial charge is 0.191 e. The van der Waals surface area contributed by atoms with Crippen LogP contribution >= 0.6 is 23.1 Å². The third kappa shape index (κ3) is 3.09. The van der Waals surface area contributed by atoms with Gasteiger partial charge in [-0.2, -0.15) is 0 Å². The Labute approximate surface area is 115 Å². The molecule has 0 fully saturated rings. The van der Waals surface area contributed by atoms with E-state index >= 15 is 0 Å². The summed E-state index contributed by atoms with van der Waals surface area (Å²) in [6, 6.07) is 0. The molecule has 5 nitrogen and oxygen atoms in total. The lowest BCUT2D eigenvalue weighted by atomic mass is 10.4. The Kier molecular flexibility index (Phi) is 4.73. The SMILES string of the molecule is CCCn1c(CN)nnc1SCc1csc(C)n1. The van der Waals surface area contributed by atoms with E-state index in [1.54, 1.807) is 23.1 Å². The summed E-state index contributed by atoms with van der Waals surface area (Å²) >= 11 is 3.34. The highest BCUT2D eigenvalue weighted by Gasteiger charge is 2.11. The van der Waals surface area contributed by atoms with Crippen LogP contribution in [-0.4, -0.2) is 19.7 Å². The van der Waals surface area contributed by atoms with E-state index in [4.69, 9.17) is 5.73 Å². The van der Waals surface area contributed by atoms with Crippen LogP contribution < -0.4 is 5.73 Å². The van der Waals surface area contributed by atoms with Gasteiger partial charge in [-0.3, -0.25) is 0 Å². The summed E-state index contributed by atoms with van der Waals surface area (Å²) in [6.07, 6.45) is 1.05. The highest BCUT2D eigenvalue weighted by molar-refractivity contribution is 7.98. The molecule has 7 heteroatoms. The molecule has 0 saturated heterocycles. The van der Waals surface area contributed by atoms with Crippen LogP contribution in [0.3, 0.4) is 0 Å². The Morgan fingerprint density at radius 3 is 2.89 bits per heavy atom. The standard InChI is InChI=1S/C11H17N5S2/c1-3-4-16-10(5-12)14-15-11(16)18-7-9-6-17-8(2)13-9/h6H,3-5,7,12H2,1-2H3. The van der Waals surface area contributed by atoms with Crippen molar-refractivity contribution in [2.24, 2.45) is 5.73 Å². The predicted octanol–water partition coefficient (Wildman–Crippen LogP) is 2.20. The molecule has 0 saturated carbocycles. The number of thioether (sulfide) groups is 1. The van der Waals surface area contributed by atoms with Crippen molar-refractivity contribution < 1.29 is 0 Å². The molecular formula is C11H17N5S2. The minimum atomic E-state index is 0.434.